The first-order valence-electron chi connectivity index (χ1n) is 6.29. The van der Waals surface area contributed by atoms with Crippen molar-refractivity contribution in [2.24, 2.45) is 5.73 Å². The zero-order valence-corrected chi connectivity index (χ0v) is 15.5. The number of hydrogen-bond acceptors (Lipinski definition) is 3. The lowest BCUT2D eigenvalue weighted by molar-refractivity contribution is 0.0944. The van der Waals surface area contributed by atoms with Gasteiger partial charge in [-0.05, 0) is 62.5 Å². The van der Waals surface area contributed by atoms with Crippen LogP contribution in [0.3, 0.4) is 0 Å². The number of amides is 3. The van der Waals surface area contributed by atoms with Crippen LogP contribution >= 0.6 is 43.2 Å². The SMILES string of the molecule is C[C@@H](NC(=O)c1cc(Br)c(Br)s1)c1ccc(NC(N)=O)cc1. The Morgan fingerprint density at radius 3 is 2.36 bits per heavy atom. The van der Waals surface area contributed by atoms with Crippen molar-refractivity contribution in [1.29, 1.82) is 0 Å². The number of benzene rings is 1. The van der Waals surface area contributed by atoms with Crippen molar-refractivity contribution in [3.05, 3.63) is 49.0 Å². The predicted molar refractivity (Wildman–Crippen MR) is 95.2 cm³/mol. The molecule has 0 fully saturated rings. The maximum Gasteiger partial charge on any atom is 0.316 e. The van der Waals surface area contributed by atoms with Gasteiger partial charge in [-0.15, -0.1) is 11.3 Å². The van der Waals surface area contributed by atoms with E-state index in [9.17, 15) is 9.59 Å². The zero-order valence-electron chi connectivity index (χ0n) is 11.5. The predicted octanol–water partition coefficient (Wildman–Crippen LogP) is 4.25. The van der Waals surface area contributed by atoms with Crippen molar-refractivity contribution < 1.29 is 9.59 Å². The number of urea groups is 1. The second-order valence-corrected chi connectivity index (χ2v) is 7.76. The average molecular weight is 447 g/mol. The lowest BCUT2D eigenvalue weighted by atomic mass is 10.1. The monoisotopic (exact) mass is 445 g/mol. The molecule has 0 saturated heterocycles. The van der Waals surface area contributed by atoms with Crippen LogP contribution in [0.25, 0.3) is 0 Å². The number of anilines is 1. The summed E-state index contributed by atoms with van der Waals surface area (Å²) in [5, 5.41) is 5.42. The largest absolute Gasteiger partial charge is 0.351 e. The Morgan fingerprint density at radius 1 is 1.23 bits per heavy atom. The van der Waals surface area contributed by atoms with E-state index in [2.05, 4.69) is 42.5 Å². The number of primary amides is 1. The third-order valence-electron chi connectivity index (χ3n) is 2.89. The fraction of sp³-hybridized carbons (Fsp3) is 0.143. The van der Waals surface area contributed by atoms with Crippen LogP contribution in [-0.4, -0.2) is 11.9 Å². The molecule has 0 spiro atoms. The first-order chi connectivity index (χ1) is 10.4. The van der Waals surface area contributed by atoms with Crippen LogP contribution in [0, 0.1) is 0 Å². The summed E-state index contributed by atoms with van der Waals surface area (Å²) in [6.07, 6.45) is 0. The van der Waals surface area contributed by atoms with E-state index in [1.165, 1.54) is 11.3 Å². The molecule has 1 atom stereocenters. The van der Waals surface area contributed by atoms with Gasteiger partial charge in [0.2, 0.25) is 0 Å². The average Bonchev–Trinajstić information content (AvgIpc) is 2.79. The minimum atomic E-state index is -0.608. The van der Waals surface area contributed by atoms with Gasteiger partial charge in [0.1, 0.15) is 0 Å². The molecular weight excluding hydrogens is 434 g/mol. The molecule has 0 unspecified atom stereocenters. The summed E-state index contributed by atoms with van der Waals surface area (Å²) in [6.45, 7) is 1.89. The van der Waals surface area contributed by atoms with Crippen molar-refractivity contribution in [2.45, 2.75) is 13.0 Å². The molecule has 3 amide bonds. The number of halogens is 2. The Morgan fingerprint density at radius 2 is 1.86 bits per heavy atom. The van der Waals surface area contributed by atoms with E-state index in [-0.39, 0.29) is 11.9 Å². The highest BCUT2D eigenvalue weighted by Gasteiger charge is 2.15. The Hall–Kier alpha value is -1.38. The van der Waals surface area contributed by atoms with Crippen LogP contribution in [0.4, 0.5) is 10.5 Å². The fourth-order valence-corrected chi connectivity index (χ4v) is 3.75. The number of carbonyl (C=O) groups is 2. The summed E-state index contributed by atoms with van der Waals surface area (Å²) < 4.78 is 1.74. The number of nitrogens with two attached hydrogens (primary N) is 1. The minimum absolute atomic E-state index is 0.136. The molecule has 0 aliphatic carbocycles. The molecule has 0 saturated carbocycles. The smallest absolute Gasteiger partial charge is 0.316 e. The lowest BCUT2D eigenvalue weighted by Gasteiger charge is -2.14. The molecule has 0 aliphatic rings. The number of nitrogens with one attached hydrogen (secondary N) is 2. The summed E-state index contributed by atoms with van der Waals surface area (Å²) in [7, 11) is 0. The summed E-state index contributed by atoms with van der Waals surface area (Å²) in [6, 6.07) is 8.14. The third-order valence-corrected chi connectivity index (χ3v) is 6.15. The molecule has 1 aromatic carbocycles. The highest BCUT2D eigenvalue weighted by Crippen LogP contribution is 2.32. The highest BCUT2D eigenvalue weighted by molar-refractivity contribution is 9.13. The fourth-order valence-electron chi connectivity index (χ4n) is 1.81. The molecule has 22 heavy (non-hydrogen) atoms. The van der Waals surface area contributed by atoms with E-state index >= 15 is 0 Å². The Labute approximate surface area is 148 Å². The Balaban J connectivity index is 2.03. The summed E-state index contributed by atoms with van der Waals surface area (Å²) in [5.41, 5.74) is 6.59. The molecule has 0 bridgehead atoms. The molecule has 0 radical (unpaired) electrons. The van der Waals surface area contributed by atoms with Crippen LogP contribution in [-0.2, 0) is 0 Å². The minimum Gasteiger partial charge on any atom is -0.351 e. The number of thiophene rings is 1. The van der Waals surface area contributed by atoms with E-state index in [1.807, 2.05) is 19.1 Å². The van der Waals surface area contributed by atoms with E-state index < -0.39 is 6.03 Å². The molecule has 1 heterocycles. The van der Waals surface area contributed by atoms with E-state index in [0.717, 1.165) is 13.8 Å². The second kappa shape index (κ2) is 7.26. The summed E-state index contributed by atoms with van der Waals surface area (Å²) in [4.78, 5) is 23.6. The zero-order chi connectivity index (χ0) is 16.3. The maximum absolute atomic E-state index is 12.2. The first-order valence-corrected chi connectivity index (χ1v) is 8.69. The van der Waals surface area contributed by atoms with Gasteiger partial charge in [-0.2, -0.15) is 0 Å². The number of hydrogen-bond donors (Lipinski definition) is 3. The van der Waals surface area contributed by atoms with Gasteiger partial charge in [0.15, 0.2) is 0 Å². The molecule has 2 rings (SSSR count). The van der Waals surface area contributed by atoms with Crippen molar-refractivity contribution in [3.63, 3.8) is 0 Å². The van der Waals surface area contributed by atoms with Crippen molar-refractivity contribution >= 4 is 60.8 Å². The molecule has 2 aromatic rings. The summed E-state index contributed by atoms with van der Waals surface area (Å²) in [5.74, 6) is -0.136. The van der Waals surface area contributed by atoms with Crippen LogP contribution in [0.5, 0.6) is 0 Å². The van der Waals surface area contributed by atoms with Crippen molar-refractivity contribution in [1.82, 2.24) is 5.32 Å². The van der Waals surface area contributed by atoms with Gasteiger partial charge in [0.05, 0.1) is 14.7 Å². The standard InChI is InChI=1S/C14H13Br2N3O2S/c1-7(8-2-4-9(5-3-8)19-14(17)21)18-13(20)11-6-10(15)12(16)22-11/h2-7H,1H3,(H,18,20)(H3,17,19,21)/t7-/m1/s1. The van der Waals surface area contributed by atoms with Gasteiger partial charge < -0.3 is 16.4 Å². The maximum atomic E-state index is 12.2. The lowest BCUT2D eigenvalue weighted by Crippen LogP contribution is -2.26. The van der Waals surface area contributed by atoms with Crippen LogP contribution in [0.1, 0.15) is 28.2 Å². The number of carbonyl (C=O) groups excluding carboxylic acids is 2. The topological polar surface area (TPSA) is 84.2 Å². The van der Waals surface area contributed by atoms with Gasteiger partial charge in [-0.1, -0.05) is 12.1 Å². The van der Waals surface area contributed by atoms with E-state index in [4.69, 9.17) is 5.73 Å². The van der Waals surface area contributed by atoms with Gasteiger partial charge in [-0.25, -0.2) is 4.79 Å². The summed E-state index contributed by atoms with van der Waals surface area (Å²) >= 11 is 8.10. The number of rotatable bonds is 4. The third kappa shape index (κ3) is 4.31. The Kier molecular flexibility index (Phi) is 5.60. The van der Waals surface area contributed by atoms with Crippen molar-refractivity contribution in [2.75, 3.05) is 5.32 Å². The van der Waals surface area contributed by atoms with Gasteiger partial charge in [0, 0.05) is 10.2 Å². The molecule has 4 N–H and O–H groups in total. The molecule has 0 aliphatic heterocycles. The molecule has 1 aromatic heterocycles. The Bertz CT molecular complexity index is 681. The van der Waals surface area contributed by atoms with E-state index in [0.29, 0.717) is 10.6 Å². The molecule has 8 heteroatoms. The normalized spacial score (nSPS) is 11.8. The molecule has 5 nitrogen and oxygen atoms in total. The van der Waals surface area contributed by atoms with Crippen LogP contribution < -0.4 is 16.4 Å². The van der Waals surface area contributed by atoms with Crippen molar-refractivity contribution in [3.8, 4) is 0 Å². The molecule has 116 valence electrons. The van der Waals surface area contributed by atoms with Crippen LogP contribution in [0.2, 0.25) is 0 Å². The van der Waals surface area contributed by atoms with E-state index in [1.54, 1.807) is 18.2 Å². The quantitative estimate of drug-likeness (QED) is 0.655. The van der Waals surface area contributed by atoms with Gasteiger partial charge >= 0.3 is 6.03 Å². The van der Waals surface area contributed by atoms with Crippen LogP contribution in [0.15, 0.2) is 38.6 Å². The second-order valence-electron chi connectivity index (χ2n) is 4.54. The van der Waals surface area contributed by atoms with Gasteiger partial charge in [0.25, 0.3) is 5.91 Å². The first kappa shape index (κ1) is 17.0. The highest BCUT2D eigenvalue weighted by atomic mass is 79.9. The molecular formula is C14H13Br2N3O2S. The van der Waals surface area contributed by atoms with Gasteiger partial charge in [-0.3, -0.25) is 4.79 Å².